The van der Waals surface area contributed by atoms with E-state index in [1.807, 2.05) is 60.7 Å². The van der Waals surface area contributed by atoms with Crippen molar-refractivity contribution in [1.82, 2.24) is 0 Å². The molecule has 2 atom stereocenters. The highest BCUT2D eigenvalue weighted by Crippen LogP contribution is 2.39. The average Bonchev–Trinajstić information content (AvgIpc) is 3.68. The lowest BCUT2D eigenvalue weighted by Gasteiger charge is -2.28. The standard InChI is InChI=1S/C42H42N2O2/c1-39(2,3)37-27-29-41(43-37,45-35-13-9-7-10-14-35)33-23-19-31(20-24-33)17-18-32-21-25-34(26-22-32)42(46-36-15-11-8-12-16-36)30-28-38(44-42)40(4,5)6/h7-30H,1-6H3. The maximum absolute atomic E-state index is 6.55. The number of aliphatic imine (C=N–C) groups is 2. The van der Waals surface area contributed by atoms with Crippen LogP contribution in [0.3, 0.4) is 0 Å². The van der Waals surface area contributed by atoms with Gasteiger partial charge in [0.2, 0.25) is 11.4 Å². The lowest BCUT2D eigenvalue weighted by atomic mass is 9.90. The average molecular weight is 607 g/mol. The van der Waals surface area contributed by atoms with Crippen molar-refractivity contribution >= 4 is 23.6 Å². The van der Waals surface area contributed by atoms with E-state index in [9.17, 15) is 0 Å². The van der Waals surface area contributed by atoms with Gasteiger partial charge in [0.25, 0.3) is 0 Å². The van der Waals surface area contributed by atoms with E-state index >= 15 is 0 Å². The zero-order chi connectivity index (χ0) is 32.4. The van der Waals surface area contributed by atoms with E-state index < -0.39 is 11.4 Å². The fraction of sp³-hybridized carbons (Fsp3) is 0.238. The number of ether oxygens (including phenoxy) is 2. The quantitative estimate of drug-likeness (QED) is 0.187. The van der Waals surface area contributed by atoms with Gasteiger partial charge < -0.3 is 9.47 Å². The van der Waals surface area contributed by atoms with Crippen molar-refractivity contribution in [3.63, 3.8) is 0 Å². The van der Waals surface area contributed by atoms with Crippen LogP contribution in [0.5, 0.6) is 11.5 Å². The van der Waals surface area contributed by atoms with E-state index in [0.717, 1.165) is 45.2 Å². The fourth-order valence-corrected chi connectivity index (χ4v) is 5.47. The summed E-state index contributed by atoms with van der Waals surface area (Å²) < 4.78 is 13.1. The molecule has 0 aromatic heterocycles. The number of para-hydroxylation sites is 2. The minimum absolute atomic E-state index is 0.0842. The van der Waals surface area contributed by atoms with Crippen LogP contribution in [0.2, 0.25) is 0 Å². The van der Waals surface area contributed by atoms with Crippen LogP contribution >= 0.6 is 0 Å². The first-order valence-electron chi connectivity index (χ1n) is 15.9. The van der Waals surface area contributed by atoms with Gasteiger partial charge in [0.15, 0.2) is 0 Å². The minimum Gasteiger partial charge on any atom is -0.458 e. The number of hydrogen-bond donors (Lipinski definition) is 0. The molecule has 2 unspecified atom stereocenters. The second kappa shape index (κ2) is 12.1. The van der Waals surface area contributed by atoms with E-state index in [2.05, 4.69) is 127 Å². The van der Waals surface area contributed by atoms with Crippen molar-refractivity contribution in [2.75, 3.05) is 0 Å². The third kappa shape index (κ3) is 6.67. The Labute approximate surface area is 273 Å². The first-order chi connectivity index (χ1) is 21.9. The van der Waals surface area contributed by atoms with E-state index in [0.29, 0.717) is 0 Å². The Morgan fingerprint density at radius 2 is 0.826 bits per heavy atom. The van der Waals surface area contributed by atoms with Crippen LogP contribution in [-0.4, -0.2) is 11.4 Å². The van der Waals surface area contributed by atoms with Crippen LogP contribution in [-0.2, 0) is 11.4 Å². The Morgan fingerprint density at radius 3 is 1.13 bits per heavy atom. The van der Waals surface area contributed by atoms with E-state index in [4.69, 9.17) is 19.5 Å². The Bertz CT molecular complexity index is 1680. The fourth-order valence-electron chi connectivity index (χ4n) is 5.47. The molecule has 46 heavy (non-hydrogen) atoms. The molecule has 4 aromatic rings. The molecule has 6 rings (SSSR count). The summed E-state index contributed by atoms with van der Waals surface area (Å²) in [5.41, 5.74) is 4.21. The normalized spacial score (nSPS) is 21.0. The third-order valence-electron chi connectivity index (χ3n) is 8.19. The molecule has 2 aliphatic rings. The molecule has 4 heteroatoms. The maximum Gasteiger partial charge on any atom is 0.246 e. The summed E-state index contributed by atoms with van der Waals surface area (Å²) in [4.78, 5) is 10.2. The van der Waals surface area contributed by atoms with Crippen LogP contribution in [0, 0.1) is 10.8 Å². The highest BCUT2D eigenvalue weighted by atomic mass is 16.5. The lowest BCUT2D eigenvalue weighted by Crippen LogP contribution is -2.28. The Kier molecular flexibility index (Phi) is 8.16. The predicted octanol–water partition coefficient (Wildman–Crippen LogP) is 10.4. The number of allylic oxidation sites excluding steroid dienone is 2. The summed E-state index contributed by atoms with van der Waals surface area (Å²) in [5.74, 6) is 1.56. The van der Waals surface area contributed by atoms with Crippen molar-refractivity contribution in [2.45, 2.75) is 53.0 Å². The zero-order valence-corrected chi connectivity index (χ0v) is 27.6. The summed E-state index contributed by atoms with van der Waals surface area (Å²) in [5, 5.41) is 0. The van der Waals surface area contributed by atoms with Gasteiger partial charge in [-0.05, 0) is 59.7 Å². The first kappa shape index (κ1) is 31.0. The van der Waals surface area contributed by atoms with Gasteiger partial charge in [0.1, 0.15) is 11.5 Å². The summed E-state index contributed by atoms with van der Waals surface area (Å²) in [7, 11) is 0. The second-order valence-corrected chi connectivity index (χ2v) is 14.0. The summed E-state index contributed by atoms with van der Waals surface area (Å²) in [6.45, 7) is 13.0. The van der Waals surface area contributed by atoms with Gasteiger partial charge in [0, 0.05) is 33.4 Å². The largest absolute Gasteiger partial charge is 0.458 e. The molecular formula is C42H42N2O2. The van der Waals surface area contributed by atoms with E-state index in [-0.39, 0.29) is 10.8 Å². The van der Waals surface area contributed by atoms with Crippen LogP contribution in [0.25, 0.3) is 12.2 Å². The molecule has 0 N–H and O–H groups in total. The molecule has 0 spiro atoms. The van der Waals surface area contributed by atoms with Crippen molar-refractivity contribution in [3.05, 3.63) is 156 Å². The molecule has 2 aliphatic heterocycles. The molecule has 4 nitrogen and oxygen atoms in total. The summed E-state index contributed by atoms with van der Waals surface area (Å²) >= 11 is 0. The van der Waals surface area contributed by atoms with Gasteiger partial charge in [-0.25, -0.2) is 9.98 Å². The van der Waals surface area contributed by atoms with Gasteiger partial charge in [-0.2, -0.15) is 0 Å². The van der Waals surface area contributed by atoms with Gasteiger partial charge in [-0.1, -0.05) is 139 Å². The first-order valence-corrected chi connectivity index (χ1v) is 15.9. The molecule has 0 bridgehead atoms. The Hall–Kier alpha value is -4.96. The molecule has 0 saturated heterocycles. The number of benzene rings is 4. The molecule has 0 radical (unpaired) electrons. The Morgan fingerprint density at radius 1 is 0.478 bits per heavy atom. The number of hydrogen-bond acceptors (Lipinski definition) is 4. The summed E-state index contributed by atoms with van der Waals surface area (Å²) in [6.07, 6.45) is 12.6. The lowest BCUT2D eigenvalue weighted by molar-refractivity contribution is 0.132. The van der Waals surface area contributed by atoms with Crippen molar-refractivity contribution in [2.24, 2.45) is 20.8 Å². The molecule has 4 aromatic carbocycles. The molecule has 0 amide bonds. The van der Waals surface area contributed by atoms with Crippen molar-refractivity contribution in [3.8, 4) is 11.5 Å². The monoisotopic (exact) mass is 606 g/mol. The third-order valence-corrected chi connectivity index (χ3v) is 8.19. The van der Waals surface area contributed by atoms with Crippen LogP contribution in [0.1, 0.15) is 63.8 Å². The highest BCUT2D eigenvalue weighted by Gasteiger charge is 2.39. The molecule has 2 heterocycles. The van der Waals surface area contributed by atoms with Gasteiger partial charge in [-0.15, -0.1) is 0 Å². The molecule has 0 saturated carbocycles. The molecule has 0 fully saturated rings. The van der Waals surface area contributed by atoms with Crippen molar-refractivity contribution in [1.29, 1.82) is 0 Å². The number of rotatable bonds is 8. The minimum atomic E-state index is -0.899. The maximum atomic E-state index is 6.55. The van der Waals surface area contributed by atoms with Crippen LogP contribution in [0.15, 0.2) is 143 Å². The predicted molar refractivity (Wildman–Crippen MR) is 191 cm³/mol. The van der Waals surface area contributed by atoms with Crippen molar-refractivity contribution < 1.29 is 9.47 Å². The van der Waals surface area contributed by atoms with Gasteiger partial charge >= 0.3 is 0 Å². The summed E-state index contributed by atoms with van der Waals surface area (Å²) in [6, 6.07) is 36.6. The highest BCUT2D eigenvalue weighted by molar-refractivity contribution is 6.01. The zero-order valence-electron chi connectivity index (χ0n) is 27.6. The second-order valence-electron chi connectivity index (χ2n) is 14.0. The molecule has 232 valence electrons. The van der Waals surface area contributed by atoms with Crippen LogP contribution < -0.4 is 9.47 Å². The molecular weight excluding hydrogens is 564 g/mol. The molecule has 0 aliphatic carbocycles. The smallest absolute Gasteiger partial charge is 0.246 e. The van der Waals surface area contributed by atoms with Gasteiger partial charge in [0.05, 0.1) is 0 Å². The topological polar surface area (TPSA) is 43.2 Å². The van der Waals surface area contributed by atoms with Gasteiger partial charge in [-0.3, -0.25) is 0 Å². The Balaban J connectivity index is 1.23. The SMILES string of the molecule is CC(C)(C)C1=NC(Oc2ccccc2)(c2ccc(C=Cc3ccc(C4(Oc5ccccc5)C=CC(C(C)(C)C)=N4)cc3)cc2)C=C1. The number of nitrogens with zero attached hydrogens (tertiary/aromatic N) is 2. The van der Waals surface area contributed by atoms with Crippen LogP contribution in [0.4, 0.5) is 0 Å². The van der Waals surface area contributed by atoms with E-state index in [1.165, 1.54) is 0 Å². The van der Waals surface area contributed by atoms with E-state index in [1.54, 1.807) is 0 Å².